The van der Waals surface area contributed by atoms with Crippen molar-refractivity contribution in [2.24, 2.45) is 11.1 Å². The van der Waals surface area contributed by atoms with E-state index in [2.05, 4.69) is 39.0 Å². The van der Waals surface area contributed by atoms with E-state index >= 15 is 0 Å². The van der Waals surface area contributed by atoms with Gasteiger partial charge in [-0.05, 0) is 96.8 Å². The predicted molar refractivity (Wildman–Crippen MR) is 170 cm³/mol. The van der Waals surface area contributed by atoms with E-state index in [4.69, 9.17) is 28.9 Å². The van der Waals surface area contributed by atoms with Gasteiger partial charge in [0.05, 0.1) is 17.6 Å². The highest BCUT2D eigenvalue weighted by Gasteiger charge is 2.45. The summed E-state index contributed by atoms with van der Waals surface area (Å²) >= 11 is 14.3. The second-order valence-corrected chi connectivity index (χ2v) is 13.7. The maximum absolute atomic E-state index is 14.0. The number of thioether (sulfide) groups is 1. The van der Waals surface area contributed by atoms with Crippen LogP contribution in [0.4, 0.5) is 5.69 Å². The number of benzene rings is 3. The minimum Gasteiger partial charge on any atom is -0.384 e. The number of nitrogens with zero attached hydrogens (tertiary/aromatic N) is 2. The van der Waals surface area contributed by atoms with Gasteiger partial charge in [-0.25, -0.2) is 0 Å². The number of aryl methyl sites for hydroxylation is 3. The zero-order chi connectivity index (χ0) is 29.6. The molecule has 0 aromatic heterocycles. The SMILES string of the molecule is Cc1ccc(N2C(N)=C(C#N)C(c3cc(CSc4ccc(Cl)cc4)c(C)cc3C)C3=C2CC(C)(C)CC3=O)cc1Cl. The van der Waals surface area contributed by atoms with E-state index in [-0.39, 0.29) is 11.2 Å². The highest BCUT2D eigenvalue weighted by atomic mass is 35.5. The van der Waals surface area contributed by atoms with E-state index in [0.29, 0.717) is 39.9 Å². The molecule has 7 heteroatoms. The number of carbonyl (C=O) groups is 1. The van der Waals surface area contributed by atoms with E-state index in [1.807, 2.05) is 61.2 Å². The van der Waals surface area contributed by atoms with Gasteiger partial charge in [0.2, 0.25) is 0 Å². The zero-order valence-electron chi connectivity index (χ0n) is 23.9. The summed E-state index contributed by atoms with van der Waals surface area (Å²) in [4.78, 5) is 17.0. The molecule has 0 radical (unpaired) electrons. The monoisotopic (exact) mass is 601 g/mol. The normalized spacial score (nSPS) is 18.4. The van der Waals surface area contributed by atoms with Gasteiger partial charge < -0.3 is 5.73 Å². The zero-order valence-corrected chi connectivity index (χ0v) is 26.3. The fraction of sp³-hybridized carbons (Fsp3) is 0.294. The van der Waals surface area contributed by atoms with Gasteiger partial charge in [0, 0.05) is 44.1 Å². The Morgan fingerprint density at radius 3 is 2.37 bits per heavy atom. The summed E-state index contributed by atoms with van der Waals surface area (Å²) in [6.45, 7) is 10.3. The van der Waals surface area contributed by atoms with Crippen LogP contribution in [0.1, 0.15) is 60.4 Å². The van der Waals surface area contributed by atoms with Crippen molar-refractivity contribution in [3.63, 3.8) is 0 Å². The summed E-state index contributed by atoms with van der Waals surface area (Å²) in [5, 5.41) is 11.9. The van der Waals surface area contributed by atoms with Crippen molar-refractivity contribution in [3.05, 3.63) is 115 Å². The number of allylic oxidation sites excluding steroid dienone is 3. The van der Waals surface area contributed by atoms with Gasteiger partial charge in [0.25, 0.3) is 0 Å². The molecule has 1 aliphatic heterocycles. The Bertz CT molecular complexity index is 1660. The lowest BCUT2D eigenvalue weighted by molar-refractivity contribution is -0.118. The van der Waals surface area contributed by atoms with Crippen molar-refractivity contribution in [1.82, 2.24) is 0 Å². The molecule has 2 aliphatic rings. The molecule has 0 saturated carbocycles. The van der Waals surface area contributed by atoms with Crippen molar-refractivity contribution in [1.29, 1.82) is 5.26 Å². The summed E-state index contributed by atoms with van der Waals surface area (Å²) in [7, 11) is 0. The van der Waals surface area contributed by atoms with Crippen LogP contribution in [0.5, 0.6) is 0 Å². The van der Waals surface area contributed by atoms with Crippen LogP contribution in [0.25, 0.3) is 0 Å². The molecule has 0 amide bonds. The number of Topliss-reactive ketones (excluding diaryl/α,β-unsaturated/α-hetero) is 1. The third-order valence-electron chi connectivity index (χ3n) is 8.04. The molecule has 4 nitrogen and oxygen atoms in total. The molecule has 1 aliphatic carbocycles. The molecule has 0 fully saturated rings. The van der Waals surface area contributed by atoms with Gasteiger partial charge in [-0.3, -0.25) is 9.69 Å². The maximum Gasteiger partial charge on any atom is 0.162 e. The van der Waals surface area contributed by atoms with Crippen LogP contribution in [0, 0.1) is 37.5 Å². The van der Waals surface area contributed by atoms with Crippen molar-refractivity contribution >= 4 is 46.4 Å². The lowest BCUT2D eigenvalue weighted by Gasteiger charge is -2.44. The number of nitriles is 1. The second kappa shape index (κ2) is 11.2. The first-order valence-electron chi connectivity index (χ1n) is 13.6. The molecule has 210 valence electrons. The van der Waals surface area contributed by atoms with Crippen LogP contribution in [-0.4, -0.2) is 5.78 Å². The lowest BCUT2D eigenvalue weighted by atomic mass is 9.68. The molecule has 0 spiro atoms. The summed E-state index contributed by atoms with van der Waals surface area (Å²) in [6, 6.07) is 20.3. The molecule has 3 aromatic carbocycles. The Kier molecular flexibility index (Phi) is 8.05. The first-order valence-corrected chi connectivity index (χ1v) is 15.3. The summed E-state index contributed by atoms with van der Waals surface area (Å²) in [6.07, 6.45) is 1.06. The summed E-state index contributed by atoms with van der Waals surface area (Å²) in [5.41, 5.74) is 14.5. The molecule has 3 aromatic rings. The van der Waals surface area contributed by atoms with Gasteiger partial charge >= 0.3 is 0 Å². The van der Waals surface area contributed by atoms with E-state index < -0.39 is 5.92 Å². The maximum atomic E-state index is 14.0. The fourth-order valence-corrected chi connectivity index (χ4v) is 7.17. The first kappa shape index (κ1) is 29.3. The number of carbonyl (C=O) groups excluding carboxylic acids is 1. The Labute approximate surface area is 256 Å². The van der Waals surface area contributed by atoms with E-state index in [1.165, 1.54) is 5.56 Å². The average Bonchev–Trinajstić information content (AvgIpc) is 2.90. The topological polar surface area (TPSA) is 70.1 Å². The number of rotatable bonds is 5. The van der Waals surface area contributed by atoms with Gasteiger partial charge in [-0.15, -0.1) is 11.8 Å². The van der Waals surface area contributed by atoms with Crippen LogP contribution < -0.4 is 10.6 Å². The van der Waals surface area contributed by atoms with Crippen LogP contribution in [-0.2, 0) is 10.5 Å². The largest absolute Gasteiger partial charge is 0.384 e. The quantitative estimate of drug-likeness (QED) is 0.295. The van der Waals surface area contributed by atoms with Gasteiger partial charge in [-0.2, -0.15) is 5.26 Å². The third kappa shape index (κ3) is 5.66. The summed E-state index contributed by atoms with van der Waals surface area (Å²) in [5.74, 6) is 0.617. The molecule has 41 heavy (non-hydrogen) atoms. The van der Waals surface area contributed by atoms with Crippen molar-refractivity contribution < 1.29 is 4.79 Å². The van der Waals surface area contributed by atoms with Gasteiger partial charge in [0.15, 0.2) is 5.78 Å². The minimum atomic E-state index is -0.532. The van der Waals surface area contributed by atoms with Crippen molar-refractivity contribution in [2.45, 2.75) is 64.0 Å². The smallest absolute Gasteiger partial charge is 0.162 e. The Balaban J connectivity index is 1.66. The average molecular weight is 603 g/mol. The Morgan fingerprint density at radius 2 is 1.71 bits per heavy atom. The third-order valence-corrected chi connectivity index (χ3v) is 9.76. The number of halogens is 2. The first-order chi connectivity index (χ1) is 19.4. The van der Waals surface area contributed by atoms with Gasteiger partial charge in [-0.1, -0.05) is 55.2 Å². The lowest BCUT2D eigenvalue weighted by Crippen LogP contribution is -2.42. The molecule has 0 bridgehead atoms. The molecular weight excluding hydrogens is 569 g/mol. The van der Waals surface area contributed by atoms with Crippen LogP contribution in [0.15, 0.2) is 82.2 Å². The van der Waals surface area contributed by atoms with E-state index in [1.54, 1.807) is 11.8 Å². The van der Waals surface area contributed by atoms with Crippen LogP contribution >= 0.6 is 35.0 Å². The van der Waals surface area contributed by atoms with Gasteiger partial charge in [0.1, 0.15) is 5.82 Å². The molecule has 0 saturated heterocycles. The molecule has 2 N–H and O–H groups in total. The number of hydrogen-bond donors (Lipinski definition) is 1. The highest BCUT2D eigenvalue weighted by Crippen LogP contribution is 2.51. The number of nitrogens with two attached hydrogens (primary N) is 1. The number of hydrogen-bond acceptors (Lipinski definition) is 5. The van der Waals surface area contributed by atoms with E-state index in [0.717, 1.165) is 44.3 Å². The minimum absolute atomic E-state index is 0.0572. The molecule has 1 heterocycles. The van der Waals surface area contributed by atoms with E-state index in [9.17, 15) is 10.1 Å². The predicted octanol–water partition coefficient (Wildman–Crippen LogP) is 9.15. The molecule has 5 rings (SSSR count). The second-order valence-electron chi connectivity index (χ2n) is 11.8. The highest BCUT2D eigenvalue weighted by molar-refractivity contribution is 7.98. The van der Waals surface area contributed by atoms with Crippen LogP contribution in [0.2, 0.25) is 10.0 Å². The Hall–Kier alpha value is -3.17. The molecule has 1 atom stereocenters. The van der Waals surface area contributed by atoms with Crippen LogP contribution in [0.3, 0.4) is 0 Å². The Morgan fingerprint density at radius 1 is 1.00 bits per heavy atom. The standard InChI is InChI=1S/C34H33Cl2N3OS/c1-19-6-9-24(14-28(19)36)39-29-15-34(4,5)16-30(40)32(29)31(27(17-37)33(39)38)26-13-22(20(2)12-21(26)3)18-41-25-10-7-23(35)8-11-25/h6-14,31H,15-16,18,38H2,1-5H3. The molecule has 1 unspecified atom stereocenters. The summed E-state index contributed by atoms with van der Waals surface area (Å²) < 4.78 is 0. The van der Waals surface area contributed by atoms with Crippen molar-refractivity contribution in [3.8, 4) is 6.07 Å². The number of ketones is 1. The van der Waals surface area contributed by atoms with Crippen molar-refractivity contribution in [2.75, 3.05) is 4.90 Å². The molecular formula is C34H33Cl2N3OS. The fourth-order valence-electron chi connectivity index (χ4n) is 5.91. The number of anilines is 1.